The van der Waals surface area contributed by atoms with Gasteiger partial charge in [-0.15, -0.1) is 0 Å². The second-order valence-electron chi connectivity index (χ2n) is 9.52. The van der Waals surface area contributed by atoms with Crippen molar-refractivity contribution in [3.05, 3.63) is 126 Å². The standard InChI is InChI=1S/C33H31N/c1-6-11-28-29-21-18-25(22-31(29)33(3,4)30(28)7-2)23-16-19-26(20-17-23)34(5)32-15-10-13-24-12-8-9-14-27(24)32/h6-22H,2H2,1,3-5H3/b11-6-. The molecule has 0 spiro atoms. The molecule has 34 heavy (non-hydrogen) atoms. The maximum absolute atomic E-state index is 4.11. The fourth-order valence-electron chi connectivity index (χ4n) is 5.33. The minimum Gasteiger partial charge on any atom is -0.344 e. The Morgan fingerprint density at radius 2 is 1.53 bits per heavy atom. The summed E-state index contributed by atoms with van der Waals surface area (Å²) in [6.07, 6.45) is 6.35. The van der Waals surface area contributed by atoms with Crippen molar-refractivity contribution < 1.29 is 0 Å². The summed E-state index contributed by atoms with van der Waals surface area (Å²) in [4.78, 5) is 2.27. The van der Waals surface area contributed by atoms with E-state index in [2.05, 4.69) is 136 Å². The van der Waals surface area contributed by atoms with E-state index in [1.807, 2.05) is 6.08 Å². The van der Waals surface area contributed by atoms with Gasteiger partial charge in [-0.3, -0.25) is 0 Å². The summed E-state index contributed by atoms with van der Waals surface area (Å²) >= 11 is 0. The topological polar surface area (TPSA) is 3.24 Å². The van der Waals surface area contributed by atoms with Gasteiger partial charge in [-0.25, -0.2) is 0 Å². The zero-order chi connectivity index (χ0) is 23.9. The summed E-state index contributed by atoms with van der Waals surface area (Å²) in [6, 6.07) is 30.8. The monoisotopic (exact) mass is 441 g/mol. The van der Waals surface area contributed by atoms with Gasteiger partial charge in [-0.05, 0) is 70.0 Å². The van der Waals surface area contributed by atoms with E-state index < -0.39 is 0 Å². The molecule has 1 aliphatic carbocycles. The molecule has 0 saturated carbocycles. The van der Waals surface area contributed by atoms with Crippen molar-refractivity contribution in [3.8, 4) is 11.1 Å². The molecule has 1 heteroatoms. The van der Waals surface area contributed by atoms with E-state index in [-0.39, 0.29) is 5.41 Å². The van der Waals surface area contributed by atoms with Crippen molar-refractivity contribution in [1.29, 1.82) is 0 Å². The van der Waals surface area contributed by atoms with Gasteiger partial charge >= 0.3 is 0 Å². The molecule has 0 aromatic heterocycles. The number of anilines is 2. The van der Waals surface area contributed by atoms with Crippen molar-refractivity contribution in [2.75, 3.05) is 11.9 Å². The number of fused-ring (bicyclic) bond motifs is 2. The third kappa shape index (κ3) is 3.49. The van der Waals surface area contributed by atoms with Gasteiger partial charge in [0.25, 0.3) is 0 Å². The van der Waals surface area contributed by atoms with Crippen LogP contribution in [-0.4, -0.2) is 7.05 Å². The molecule has 0 aliphatic heterocycles. The highest BCUT2D eigenvalue weighted by molar-refractivity contribution is 5.96. The fourth-order valence-corrected chi connectivity index (χ4v) is 5.33. The lowest BCUT2D eigenvalue weighted by molar-refractivity contribution is 0.655. The quantitative estimate of drug-likeness (QED) is 0.298. The van der Waals surface area contributed by atoms with Crippen LogP contribution in [0.1, 0.15) is 31.9 Å². The van der Waals surface area contributed by atoms with Gasteiger partial charge < -0.3 is 4.90 Å². The second kappa shape index (κ2) is 8.50. The average Bonchev–Trinajstić information content (AvgIpc) is 3.08. The van der Waals surface area contributed by atoms with Gasteiger partial charge in [-0.1, -0.05) is 99.3 Å². The Kier molecular flexibility index (Phi) is 5.49. The Morgan fingerprint density at radius 3 is 2.26 bits per heavy atom. The van der Waals surface area contributed by atoms with Crippen molar-refractivity contribution in [2.24, 2.45) is 0 Å². The SMILES string of the molecule is C=CC1=C(/C=C\C)c2ccc(-c3ccc(N(C)c4cccc5ccccc45)cc3)cc2C1(C)C. The molecule has 0 amide bonds. The van der Waals surface area contributed by atoms with Crippen LogP contribution in [0.2, 0.25) is 0 Å². The summed E-state index contributed by atoms with van der Waals surface area (Å²) in [6.45, 7) is 10.8. The summed E-state index contributed by atoms with van der Waals surface area (Å²) in [5.41, 5.74) is 10.1. The third-order valence-electron chi connectivity index (χ3n) is 7.20. The average molecular weight is 442 g/mol. The highest BCUT2D eigenvalue weighted by Gasteiger charge is 2.35. The van der Waals surface area contributed by atoms with Crippen LogP contribution in [-0.2, 0) is 5.41 Å². The first-order chi connectivity index (χ1) is 16.5. The van der Waals surface area contributed by atoms with E-state index in [1.54, 1.807) is 0 Å². The van der Waals surface area contributed by atoms with Gasteiger partial charge in [0.15, 0.2) is 0 Å². The van der Waals surface area contributed by atoms with Crippen LogP contribution in [0.15, 0.2) is 115 Å². The van der Waals surface area contributed by atoms with Gasteiger partial charge in [0.05, 0.1) is 0 Å². The van der Waals surface area contributed by atoms with Crippen LogP contribution in [0.3, 0.4) is 0 Å². The Hall–Kier alpha value is -3.84. The predicted octanol–water partition coefficient (Wildman–Crippen LogP) is 9.08. The molecule has 1 nitrogen and oxygen atoms in total. The summed E-state index contributed by atoms with van der Waals surface area (Å²) < 4.78 is 0. The molecular formula is C33H31N. The number of hydrogen-bond acceptors (Lipinski definition) is 1. The first-order valence-corrected chi connectivity index (χ1v) is 11.9. The number of benzene rings is 4. The summed E-state index contributed by atoms with van der Waals surface area (Å²) in [5.74, 6) is 0. The number of hydrogen-bond donors (Lipinski definition) is 0. The largest absolute Gasteiger partial charge is 0.344 e. The summed E-state index contributed by atoms with van der Waals surface area (Å²) in [5, 5.41) is 2.52. The van der Waals surface area contributed by atoms with Crippen LogP contribution >= 0.6 is 0 Å². The summed E-state index contributed by atoms with van der Waals surface area (Å²) in [7, 11) is 2.14. The lowest BCUT2D eigenvalue weighted by atomic mass is 9.80. The molecule has 1 aliphatic rings. The predicted molar refractivity (Wildman–Crippen MR) is 149 cm³/mol. The first kappa shape index (κ1) is 22.0. The zero-order valence-electron chi connectivity index (χ0n) is 20.5. The van der Waals surface area contributed by atoms with Gasteiger partial charge in [0.1, 0.15) is 0 Å². The van der Waals surface area contributed by atoms with Crippen LogP contribution in [0.25, 0.3) is 27.5 Å². The smallest absolute Gasteiger partial charge is 0.0487 e. The molecule has 0 bridgehead atoms. The molecular weight excluding hydrogens is 410 g/mol. The van der Waals surface area contributed by atoms with Crippen molar-refractivity contribution in [1.82, 2.24) is 0 Å². The van der Waals surface area contributed by atoms with E-state index in [1.165, 1.54) is 55.5 Å². The highest BCUT2D eigenvalue weighted by atomic mass is 15.1. The van der Waals surface area contributed by atoms with E-state index in [0.29, 0.717) is 0 Å². The van der Waals surface area contributed by atoms with Crippen LogP contribution in [0, 0.1) is 0 Å². The molecule has 5 rings (SSSR count). The Labute approximate surface area is 203 Å². The maximum atomic E-state index is 4.11. The number of nitrogens with zero attached hydrogens (tertiary/aromatic N) is 1. The minimum atomic E-state index is -0.0591. The van der Waals surface area contributed by atoms with E-state index >= 15 is 0 Å². The molecule has 4 aromatic rings. The van der Waals surface area contributed by atoms with Crippen LogP contribution in [0.4, 0.5) is 11.4 Å². The molecule has 0 radical (unpaired) electrons. The van der Waals surface area contributed by atoms with Crippen molar-refractivity contribution >= 4 is 27.7 Å². The molecule has 0 atom stereocenters. The van der Waals surface area contributed by atoms with Gasteiger partial charge in [-0.2, -0.15) is 0 Å². The molecule has 0 fully saturated rings. The van der Waals surface area contributed by atoms with Crippen molar-refractivity contribution in [2.45, 2.75) is 26.2 Å². The molecule has 0 N–H and O–H groups in total. The molecule has 4 aromatic carbocycles. The van der Waals surface area contributed by atoms with E-state index in [0.717, 1.165) is 0 Å². The number of rotatable bonds is 5. The van der Waals surface area contributed by atoms with Crippen molar-refractivity contribution in [3.63, 3.8) is 0 Å². The lowest BCUT2D eigenvalue weighted by Crippen LogP contribution is -2.16. The van der Waals surface area contributed by atoms with Crippen LogP contribution < -0.4 is 4.90 Å². The van der Waals surface area contributed by atoms with E-state index in [9.17, 15) is 0 Å². The zero-order valence-corrected chi connectivity index (χ0v) is 20.5. The minimum absolute atomic E-state index is 0.0591. The highest BCUT2D eigenvalue weighted by Crippen LogP contribution is 2.48. The lowest BCUT2D eigenvalue weighted by Gasteiger charge is -2.23. The number of allylic oxidation sites excluding steroid dienone is 5. The Morgan fingerprint density at radius 1 is 0.824 bits per heavy atom. The van der Waals surface area contributed by atoms with E-state index in [4.69, 9.17) is 0 Å². The molecule has 0 heterocycles. The fraction of sp³-hybridized carbons (Fsp3) is 0.152. The molecule has 0 unspecified atom stereocenters. The molecule has 168 valence electrons. The van der Waals surface area contributed by atoms with Gasteiger partial charge in [0.2, 0.25) is 0 Å². The first-order valence-electron chi connectivity index (χ1n) is 11.9. The normalized spacial score (nSPS) is 14.6. The maximum Gasteiger partial charge on any atom is 0.0487 e. The Balaban J connectivity index is 1.49. The second-order valence-corrected chi connectivity index (χ2v) is 9.52. The third-order valence-corrected chi connectivity index (χ3v) is 7.20. The molecule has 0 saturated heterocycles. The Bertz CT molecular complexity index is 1440. The van der Waals surface area contributed by atoms with Gasteiger partial charge in [0, 0.05) is 29.2 Å². The van der Waals surface area contributed by atoms with Crippen LogP contribution in [0.5, 0.6) is 0 Å².